The van der Waals surface area contributed by atoms with E-state index in [1.165, 1.54) is 4.31 Å². The molecule has 1 atom stereocenters. The largest absolute Gasteiger partial charge is 0.270 e. The average Bonchev–Trinajstić information content (AvgIpc) is 2.65. The fraction of sp³-hybridized carbons (Fsp3) is 0.333. The fourth-order valence-electron chi connectivity index (χ4n) is 2.20. The number of benzene rings is 1. The van der Waals surface area contributed by atoms with Crippen molar-refractivity contribution in [1.82, 2.24) is 0 Å². The highest BCUT2D eigenvalue weighted by Gasteiger charge is 2.32. The van der Waals surface area contributed by atoms with Crippen LogP contribution in [0, 0.1) is 0 Å². The summed E-state index contributed by atoms with van der Waals surface area (Å²) in [7, 11) is -3.36. The number of fused-ring (bicyclic) bond motifs is 1. The molecule has 0 spiro atoms. The van der Waals surface area contributed by atoms with Gasteiger partial charge in [-0.1, -0.05) is 18.2 Å². The van der Waals surface area contributed by atoms with Crippen molar-refractivity contribution in [2.45, 2.75) is 12.3 Å². The maximum Gasteiger partial charge on any atom is 0.266 e. The van der Waals surface area contributed by atoms with Crippen molar-refractivity contribution in [1.29, 1.82) is 0 Å². The Labute approximate surface area is 105 Å². The van der Waals surface area contributed by atoms with Crippen LogP contribution in [0.5, 0.6) is 0 Å². The monoisotopic (exact) mass is 273 g/mol. The van der Waals surface area contributed by atoms with Gasteiger partial charge in [0, 0.05) is 12.5 Å². The number of para-hydroxylation sites is 1. The Morgan fingerprint density at radius 1 is 1.44 bits per heavy atom. The summed E-state index contributed by atoms with van der Waals surface area (Å²) in [6.07, 6.45) is 0.376. The maximum atomic E-state index is 12.1. The van der Waals surface area contributed by atoms with E-state index in [9.17, 15) is 17.2 Å². The molecule has 0 saturated carbocycles. The van der Waals surface area contributed by atoms with Gasteiger partial charge in [0.15, 0.2) is 0 Å². The summed E-state index contributed by atoms with van der Waals surface area (Å²) in [5.41, 5.74) is 1.40. The molecule has 0 aromatic heterocycles. The van der Waals surface area contributed by atoms with Crippen LogP contribution in [0.25, 0.3) is 0 Å². The van der Waals surface area contributed by atoms with Crippen molar-refractivity contribution in [2.75, 3.05) is 17.1 Å². The summed E-state index contributed by atoms with van der Waals surface area (Å²) in [6, 6.07) is 7.01. The lowest BCUT2D eigenvalue weighted by Gasteiger charge is -2.16. The number of nitrogens with zero attached hydrogens (tertiary/aromatic N) is 1. The van der Waals surface area contributed by atoms with E-state index in [1.807, 2.05) is 0 Å². The van der Waals surface area contributed by atoms with E-state index in [0.29, 0.717) is 5.69 Å². The summed E-state index contributed by atoms with van der Waals surface area (Å²) in [6.45, 7) is 0.224. The van der Waals surface area contributed by atoms with Gasteiger partial charge in [-0.25, -0.2) is 8.42 Å². The van der Waals surface area contributed by atoms with Gasteiger partial charge in [-0.2, -0.15) is 8.78 Å². The van der Waals surface area contributed by atoms with Crippen LogP contribution in [-0.2, 0) is 10.0 Å². The van der Waals surface area contributed by atoms with Crippen molar-refractivity contribution in [3.05, 3.63) is 42.0 Å². The number of hydrogen-bond donors (Lipinski definition) is 0. The highest BCUT2D eigenvalue weighted by atomic mass is 32.2. The third kappa shape index (κ3) is 2.53. The van der Waals surface area contributed by atoms with Crippen LogP contribution in [0.15, 0.2) is 36.4 Å². The molecule has 1 aromatic carbocycles. The van der Waals surface area contributed by atoms with Crippen LogP contribution in [0.4, 0.5) is 14.5 Å². The predicted octanol–water partition coefficient (Wildman–Crippen LogP) is 2.72. The first kappa shape index (κ1) is 13.0. The van der Waals surface area contributed by atoms with E-state index < -0.39 is 16.1 Å². The zero-order chi connectivity index (χ0) is 13.3. The Kier molecular flexibility index (Phi) is 3.38. The van der Waals surface area contributed by atoms with E-state index in [2.05, 4.69) is 0 Å². The Balaban J connectivity index is 2.36. The van der Waals surface area contributed by atoms with Crippen molar-refractivity contribution in [3.8, 4) is 0 Å². The van der Waals surface area contributed by atoms with Crippen molar-refractivity contribution in [3.63, 3.8) is 0 Å². The first-order chi connectivity index (χ1) is 8.39. The molecule has 0 N–H and O–H groups in total. The van der Waals surface area contributed by atoms with Crippen molar-refractivity contribution in [2.24, 2.45) is 0 Å². The SMILES string of the molecule is CS(=O)(=O)N1CC(CC=C(F)F)c2ccccc21. The molecule has 1 heterocycles. The molecular formula is C12H13F2NO2S. The summed E-state index contributed by atoms with van der Waals surface area (Å²) in [5.74, 6) is -0.211. The van der Waals surface area contributed by atoms with Crippen molar-refractivity contribution < 1.29 is 17.2 Å². The number of anilines is 1. The van der Waals surface area contributed by atoms with Gasteiger partial charge in [0.2, 0.25) is 10.0 Å². The van der Waals surface area contributed by atoms with E-state index in [4.69, 9.17) is 0 Å². The van der Waals surface area contributed by atoms with E-state index in [1.54, 1.807) is 24.3 Å². The molecule has 6 heteroatoms. The number of rotatable bonds is 3. The first-order valence-corrected chi connectivity index (χ1v) is 7.32. The van der Waals surface area contributed by atoms with Crippen LogP contribution in [-0.4, -0.2) is 21.2 Å². The summed E-state index contributed by atoms with van der Waals surface area (Å²) in [4.78, 5) is 0. The van der Waals surface area contributed by atoms with Crippen molar-refractivity contribution >= 4 is 15.7 Å². The number of hydrogen-bond acceptors (Lipinski definition) is 2. The zero-order valence-electron chi connectivity index (χ0n) is 9.81. The Morgan fingerprint density at radius 2 is 2.11 bits per heavy atom. The van der Waals surface area contributed by atoms with Gasteiger partial charge in [-0.3, -0.25) is 4.31 Å². The van der Waals surface area contributed by atoms with Crippen LogP contribution in [0.1, 0.15) is 17.9 Å². The Hall–Kier alpha value is -1.43. The molecule has 18 heavy (non-hydrogen) atoms. The zero-order valence-corrected chi connectivity index (χ0v) is 10.6. The molecule has 1 aliphatic rings. The first-order valence-electron chi connectivity index (χ1n) is 5.47. The van der Waals surface area contributed by atoms with Gasteiger partial charge in [0.1, 0.15) is 0 Å². The maximum absolute atomic E-state index is 12.1. The molecule has 3 nitrogen and oxygen atoms in total. The predicted molar refractivity (Wildman–Crippen MR) is 66.3 cm³/mol. The molecule has 0 radical (unpaired) electrons. The molecular weight excluding hydrogens is 260 g/mol. The second kappa shape index (κ2) is 4.68. The van der Waals surface area contributed by atoms with Crippen LogP contribution < -0.4 is 4.31 Å². The van der Waals surface area contributed by atoms with Gasteiger partial charge in [0.05, 0.1) is 11.9 Å². The third-order valence-corrected chi connectivity index (χ3v) is 4.13. The van der Waals surface area contributed by atoms with Gasteiger partial charge >= 0.3 is 0 Å². The minimum atomic E-state index is -3.36. The summed E-state index contributed by atoms with van der Waals surface area (Å²) < 4.78 is 48.8. The van der Waals surface area contributed by atoms with Gasteiger partial charge in [-0.15, -0.1) is 0 Å². The lowest BCUT2D eigenvalue weighted by molar-refractivity contribution is 0.416. The molecule has 0 saturated heterocycles. The fourth-order valence-corrected chi connectivity index (χ4v) is 3.18. The molecule has 0 amide bonds. The summed E-state index contributed by atoms with van der Waals surface area (Å²) in [5, 5.41) is 0. The number of sulfonamides is 1. The second-order valence-corrected chi connectivity index (χ2v) is 6.19. The third-order valence-electron chi connectivity index (χ3n) is 2.99. The number of allylic oxidation sites excluding steroid dienone is 1. The smallest absolute Gasteiger partial charge is 0.266 e. The van der Waals surface area contributed by atoms with Crippen LogP contribution >= 0.6 is 0 Å². The normalized spacial score (nSPS) is 18.6. The average molecular weight is 273 g/mol. The molecule has 0 aliphatic carbocycles. The van der Waals surface area contributed by atoms with Gasteiger partial charge in [-0.05, 0) is 24.1 Å². The topological polar surface area (TPSA) is 37.4 Å². The van der Waals surface area contributed by atoms with Crippen LogP contribution in [0.3, 0.4) is 0 Å². The Morgan fingerprint density at radius 3 is 2.72 bits per heavy atom. The lowest BCUT2D eigenvalue weighted by atomic mass is 9.98. The van der Waals surface area contributed by atoms with Crippen LogP contribution in [0.2, 0.25) is 0 Å². The lowest BCUT2D eigenvalue weighted by Crippen LogP contribution is -2.28. The highest BCUT2D eigenvalue weighted by Crippen LogP contribution is 2.39. The molecule has 2 rings (SSSR count). The molecule has 0 fully saturated rings. The molecule has 98 valence electrons. The molecule has 1 unspecified atom stereocenters. The summed E-state index contributed by atoms with van der Waals surface area (Å²) >= 11 is 0. The highest BCUT2D eigenvalue weighted by molar-refractivity contribution is 7.92. The minimum absolute atomic E-state index is 0.144. The second-order valence-electron chi connectivity index (χ2n) is 4.28. The number of halogens is 2. The minimum Gasteiger partial charge on any atom is -0.270 e. The molecule has 1 aromatic rings. The van der Waals surface area contributed by atoms with E-state index in [-0.39, 0.29) is 18.9 Å². The van der Waals surface area contributed by atoms with E-state index >= 15 is 0 Å². The molecule has 1 aliphatic heterocycles. The van der Waals surface area contributed by atoms with Gasteiger partial charge < -0.3 is 0 Å². The quantitative estimate of drug-likeness (QED) is 0.849. The van der Waals surface area contributed by atoms with E-state index in [0.717, 1.165) is 17.9 Å². The van der Waals surface area contributed by atoms with Gasteiger partial charge in [0.25, 0.3) is 6.08 Å². The standard InChI is InChI=1S/C12H13F2NO2S/c1-18(16,17)15-8-9(6-7-12(13)14)10-4-2-3-5-11(10)15/h2-5,7,9H,6,8H2,1H3. The Bertz CT molecular complexity index is 579. The molecule has 0 bridgehead atoms.